The largest absolute Gasteiger partial charge is 0.444 e. The van der Waals surface area contributed by atoms with E-state index in [1.165, 1.54) is 17.7 Å². The molecule has 1 amide bonds. The molecule has 3 rings (SSSR count). The van der Waals surface area contributed by atoms with Gasteiger partial charge in [0.05, 0.1) is 11.2 Å². The molecule has 1 fully saturated rings. The third kappa shape index (κ3) is 4.95. The molecule has 27 heavy (non-hydrogen) atoms. The zero-order valence-electron chi connectivity index (χ0n) is 16.6. The van der Waals surface area contributed by atoms with Gasteiger partial charge >= 0.3 is 6.09 Å². The summed E-state index contributed by atoms with van der Waals surface area (Å²) in [6.07, 6.45) is 0.628. The highest BCUT2D eigenvalue weighted by Gasteiger charge is 2.26. The molecule has 2 aromatic rings. The zero-order chi connectivity index (χ0) is 19.6. The van der Waals surface area contributed by atoms with Crippen LogP contribution in [0.3, 0.4) is 0 Å². The molecular formula is C21H28FN3O2. The second-order valence-electron chi connectivity index (χ2n) is 8.03. The van der Waals surface area contributed by atoms with Crippen molar-refractivity contribution in [1.82, 2.24) is 14.8 Å². The Morgan fingerprint density at radius 1 is 1.19 bits per heavy atom. The van der Waals surface area contributed by atoms with Crippen LogP contribution in [0.4, 0.5) is 9.18 Å². The van der Waals surface area contributed by atoms with E-state index in [1.807, 2.05) is 20.8 Å². The van der Waals surface area contributed by atoms with E-state index in [0.29, 0.717) is 25.2 Å². The van der Waals surface area contributed by atoms with Crippen molar-refractivity contribution < 1.29 is 13.9 Å². The lowest BCUT2D eigenvalue weighted by molar-refractivity contribution is 0.0138. The summed E-state index contributed by atoms with van der Waals surface area (Å²) < 4.78 is 19.0. The van der Waals surface area contributed by atoms with Crippen molar-refractivity contribution in [2.45, 2.75) is 46.3 Å². The summed E-state index contributed by atoms with van der Waals surface area (Å²) in [5.74, 6) is -0.267. The van der Waals surface area contributed by atoms with Gasteiger partial charge in [-0.3, -0.25) is 9.88 Å². The van der Waals surface area contributed by atoms with Gasteiger partial charge in [-0.15, -0.1) is 0 Å². The molecule has 1 aliphatic heterocycles. The van der Waals surface area contributed by atoms with Gasteiger partial charge in [-0.25, -0.2) is 9.18 Å². The second kappa shape index (κ2) is 7.80. The average molecular weight is 373 g/mol. The van der Waals surface area contributed by atoms with Crippen molar-refractivity contribution in [2.75, 3.05) is 26.2 Å². The Balaban J connectivity index is 1.67. The monoisotopic (exact) mass is 373 g/mol. The van der Waals surface area contributed by atoms with Gasteiger partial charge in [0.1, 0.15) is 11.4 Å². The van der Waals surface area contributed by atoms with Gasteiger partial charge in [-0.1, -0.05) is 6.92 Å². The van der Waals surface area contributed by atoms with E-state index >= 15 is 0 Å². The number of amides is 1. The van der Waals surface area contributed by atoms with E-state index in [0.717, 1.165) is 30.6 Å². The lowest BCUT2D eigenvalue weighted by Crippen LogP contribution is -2.49. The maximum absolute atomic E-state index is 13.5. The van der Waals surface area contributed by atoms with Crippen LogP contribution in [-0.2, 0) is 17.7 Å². The highest BCUT2D eigenvalue weighted by Crippen LogP contribution is 2.21. The van der Waals surface area contributed by atoms with E-state index in [9.17, 15) is 9.18 Å². The Morgan fingerprint density at radius 3 is 2.52 bits per heavy atom. The third-order valence-corrected chi connectivity index (χ3v) is 4.73. The first-order valence-corrected chi connectivity index (χ1v) is 9.53. The lowest BCUT2D eigenvalue weighted by atomic mass is 10.1. The van der Waals surface area contributed by atoms with Crippen molar-refractivity contribution in [2.24, 2.45) is 0 Å². The van der Waals surface area contributed by atoms with Crippen LogP contribution in [0.25, 0.3) is 10.9 Å². The molecule has 2 heterocycles. The van der Waals surface area contributed by atoms with Crippen LogP contribution in [0.15, 0.2) is 24.3 Å². The molecule has 0 N–H and O–H groups in total. The van der Waals surface area contributed by atoms with Crippen molar-refractivity contribution in [3.05, 3.63) is 41.3 Å². The quantitative estimate of drug-likeness (QED) is 0.816. The molecule has 0 radical (unpaired) electrons. The van der Waals surface area contributed by atoms with E-state index in [2.05, 4.69) is 17.9 Å². The van der Waals surface area contributed by atoms with Gasteiger partial charge in [-0.05, 0) is 51.0 Å². The topological polar surface area (TPSA) is 45.7 Å². The normalized spacial score (nSPS) is 16.0. The summed E-state index contributed by atoms with van der Waals surface area (Å²) in [5, 5.41) is 0.965. The average Bonchev–Trinajstić information content (AvgIpc) is 2.60. The van der Waals surface area contributed by atoms with Crippen LogP contribution >= 0.6 is 0 Å². The maximum Gasteiger partial charge on any atom is 0.410 e. The molecule has 0 unspecified atom stereocenters. The smallest absolute Gasteiger partial charge is 0.410 e. The number of hydrogen-bond acceptors (Lipinski definition) is 4. The summed E-state index contributed by atoms with van der Waals surface area (Å²) in [6, 6.07) is 6.84. The van der Waals surface area contributed by atoms with Crippen molar-refractivity contribution in [3.63, 3.8) is 0 Å². The fraction of sp³-hybridized carbons (Fsp3) is 0.524. The van der Waals surface area contributed by atoms with Crippen LogP contribution in [0.5, 0.6) is 0 Å². The molecule has 1 saturated heterocycles. The van der Waals surface area contributed by atoms with E-state index < -0.39 is 5.60 Å². The molecule has 1 aliphatic rings. The Hall–Kier alpha value is -2.21. The molecule has 0 bridgehead atoms. The zero-order valence-corrected chi connectivity index (χ0v) is 16.6. The van der Waals surface area contributed by atoms with Crippen LogP contribution in [0, 0.1) is 5.82 Å². The Bertz CT molecular complexity index is 824. The Labute approximate surface area is 160 Å². The minimum Gasteiger partial charge on any atom is -0.444 e. The molecule has 6 heteroatoms. The number of nitrogens with zero attached hydrogens (tertiary/aromatic N) is 3. The molecular weight excluding hydrogens is 345 g/mol. The van der Waals surface area contributed by atoms with Crippen molar-refractivity contribution in [3.8, 4) is 0 Å². The first-order valence-electron chi connectivity index (χ1n) is 9.53. The predicted octanol–water partition coefficient (Wildman–Crippen LogP) is 3.99. The number of aromatic nitrogens is 1. The van der Waals surface area contributed by atoms with Crippen LogP contribution in [0.2, 0.25) is 0 Å². The van der Waals surface area contributed by atoms with Crippen molar-refractivity contribution in [1.29, 1.82) is 0 Å². The third-order valence-electron chi connectivity index (χ3n) is 4.73. The SMILES string of the molecule is CCc1cc2ccc(F)cc2nc1CN1CCN(C(=O)OC(C)(C)C)CC1. The second-order valence-corrected chi connectivity index (χ2v) is 8.03. The maximum atomic E-state index is 13.5. The van der Waals surface area contributed by atoms with Gasteiger partial charge in [0.25, 0.3) is 0 Å². The van der Waals surface area contributed by atoms with Crippen molar-refractivity contribution >= 4 is 17.0 Å². The first kappa shape index (κ1) is 19.5. The Morgan fingerprint density at radius 2 is 1.89 bits per heavy atom. The molecule has 0 aliphatic carbocycles. The van der Waals surface area contributed by atoms with Gasteiger partial charge in [-0.2, -0.15) is 0 Å². The van der Waals surface area contributed by atoms with E-state index in [4.69, 9.17) is 9.72 Å². The number of hydrogen-bond donors (Lipinski definition) is 0. The fourth-order valence-electron chi connectivity index (χ4n) is 3.29. The number of rotatable bonds is 3. The number of halogens is 1. The number of fused-ring (bicyclic) bond motifs is 1. The predicted molar refractivity (Wildman–Crippen MR) is 104 cm³/mol. The number of benzene rings is 1. The van der Waals surface area contributed by atoms with Crippen LogP contribution in [-0.4, -0.2) is 52.7 Å². The summed E-state index contributed by atoms with van der Waals surface area (Å²) >= 11 is 0. The first-order chi connectivity index (χ1) is 12.7. The number of pyridine rings is 1. The van der Waals surface area contributed by atoms with Gasteiger partial charge in [0.15, 0.2) is 0 Å². The van der Waals surface area contributed by atoms with E-state index in [1.54, 1.807) is 11.0 Å². The van der Waals surface area contributed by atoms with Gasteiger partial charge in [0, 0.05) is 44.2 Å². The number of ether oxygens (including phenoxy) is 1. The van der Waals surface area contributed by atoms with Gasteiger partial charge in [0.2, 0.25) is 0 Å². The standard InChI is InChI=1S/C21H28FN3O2/c1-5-15-12-16-6-7-17(22)13-18(16)23-19(15)14-24-8-10-25(11-9-24)20(26)27-21(2,3)4/h6-7,12-13H,5,8-11,14H2,1-4H3. The number of aryl methyl sites for hydroxylation is 1. The minimum absolute atomic E-state index is 0.254. The molecule has 0 atom stereocenters. The summed E-state index contributed by atoms with van der Waals surface area (Å²) in [5.41, 5.74) is 2.38. The van der Waals surface area contributed by atoms with Crippen LogP contribution in [0.1, 0.15) is 39.0 Å². The summed E-state index contributed by atoms with van der Waals surface area (Å²) in [4.78, 5) is 21.0. The number of carbonyl (C=O) groups is 1. The van der Waals surface area contributed by atoms with Crippen LogP contribution < -0.4 is 0 Å². The molecule has 146 valence electrons. The highest BCUT2D eigenvalue weighted by molar-refractivity contribution is 5.79. The molecule has 5 nitrogen and oxygen atoms in total. The summed E-state index contributed by atoms with van der Waals surface area (Å²) in [7, 11) is 0. The fourth-order valence-corrected chi connectivity index (χ4v) is 3.29. The minimum atomic E-state index is -0.478. The van der Waals surface area contributed by atoms with Gasteiger partial charge < -0.3 is 9.64 Å². The molecule has 0 spiro atoms. The molecule has 1 aromatic heterocycles. The number of carbonyl (C=O) groups excluding carboxylic acids is 1. The lowest BCUT2D eigenvalue weighted by Gasteiger charge is -2.35. The number of piperazine rings is 1. The molecule has 1 aromatic carbocycles. The summed E-state index contributed by atoms with van der Waals surface area (Å²) in [6.45, 7) is 11.3. The molecule has 0 saturated carbocycles. The van der Waals surface area contributed by atoms with E-state index in [-0.39, 0.29) is 11.9 Å². The Kier molecular flexibility index (Phi) is 5.65. The highest BCUT2D eigenvalue weighted by atomic mass is 19.1.